The Morgan fingerprint density at radius 3 is 2.72 bits per heavy atom. The minimum atomic E-state index is -4.53. The molecule has 3 heterocycles. The highest BCUT2D eigenvalue weighted by atomic mass is 35.5. The van der Waals surface area contributed by atoms with Gasteiger partial charge in [0.25, 0.3) is 5.91 Å². The summed E-state index contributed by atoms with van der Waals surface area (Å²) >= 11 is 5.98. The van der Waals surface area contributed by atoms with Crippen LogP contribution in [0.5, 0.6) is 5.75 Å². The fourth-order valence-electron chi connectivity index (χ4n) is 2.52. The summed E-state index contributed by atoms with van der Waals surface area (Å²) in [5.74, 6) is 0.0975. The maximum absolute atomic E-state index is 12.5. The Morgan fingerprint density at radius 2 is 2.08 bits per heavy atom. The molecule has 1 saturated heterocycles. The highest BCUT2D eigenvalue weighted by Crippen LogP contribution is 2.28. The third-order valence-electron chi connectivity index (χ3n) is 3.76. The molecule has 1 aliphatic heterocycles. The number of pyridine rings is 2. The van der Waals surface area contributed by atoms with Crippen LogP contribution in [0.25, 0.3) is 0 Å². The van der Waals surface area contributed by atoms with Crippen LogP contribution in [0.4, 0.5) is 13.2 Å². The van der Waals surface area contributed by atoms with E-state index in [9.17, 15) is 18.0 Å². The van der Waals surface area contributed by atoms with Gasteiger partial charge in [0.1, 0.15) is 22.6 Å². The fraction of sp³-hybridized carbons (Fsp3) is 0.312. The Balaban J connectivity index is 1.63. The van der Waals surface area contributed by atoms with Crippen molar-refractivity contribution in [3.8, 4) is 5.75 Å². The Labute approximate surface area is 146 Å². The van der Waals surface area contributed by atoms with Crippen LogP contribution >= 0.6 is 11.6 Å². The van der Waals surface area contributed by atoms with Crippen LogP contribution in [-0.4, -0.2) is 40.0 Å². The van der Waals surface area contributed by atoms with Crippen molar-refractivity contribution < 1.29 is 22.7 Å². The van der Waals surface area contributed by atoms with E-state index in [1.54, 1.807) is 12.3 Å². The van der Waals surface area contributed by atoms with Gasteiger partial charge in [-0.25, -0.2) is 0 Å². The van der Waals surface area contributed by atoms with Crippen molar-refractivity contribution in [1.82, 2.24) is 14.9 Å². The minimum Gasteiger partial charge on any atom is -0.487 e. The predicted octanol–water partition coefficient (Wildman–Crippen LogP) is 3.44. The number of halogens is 4. The average molecular weight is 372 g/mol. The van der Waals surface area contributed by atoms with Gasteiger partial charge in [-0.15, -0.1) is 0 Å². The van der Waals surface area contributed by atoms with Crippen molar-refractivity contribution in [2.24, 2.45) is 0 Å². The number of likely N-dealkylation sites (tertiary alicyclic amines) is 1. The maximum atomic E-state index is 12.5. The third kappa shape index (κ3) is 4.01. The monoisotopic (exact) mass is 371 g/mol. The maximum Gasteiger partial charge on any atom is 0.433 e. The summed E-state index contributed by atoms with van der Waals surface area (Å²) in [6.45, 7) is 0.756. The Bertz CT molecular complexity index is 768. The van der Waals surface area contributed by atoms with Crippen molar-refractivity contribution in [2.75, 3.05) is 13.1 Å². The molecular weight excluding hydrogens is 359 g/mol. The van der Waals surface area contributed by atoms with E-state index in [0.717, 1.165) is 18.3 Å². The van der Waals surface area contributed by atoms with Gasteiger partial charge < -0.3 is 9.64 Å². The number of aromatic nitrogens is 2. The van der Waals surface area contributed by atoms with Crippen molar-refractivity contribution >= 4 is 17.5 Å². The number of carbonyl (C=O) groups is 1. The molecule has 132 valence electrons. The van der Waals surface area contributed by atoms with Gasteiger partial charge in [-0.3, -0.25) is 14.8 Å². The summed E-state index contributed by atoms with van der Waals surface area (Å²) in [6.07, 6.45) is -0.225. The van der Waals surface area contributed by atoms with Gasteiger partial charge in [0.05, 0.1) is 12.1 Å². The Morgan fingerprint density at radius 1 is 1.28 bits per heavy atom. The van der Waals surface area contributed by atoms with Crippen molar-refractivity contribution in [3.05, 3.63) is 53.1 Å². The zero-order chi connectivity index (χ0) is 18.0. The largest absolute Gasteiger partial charge is 0.487 e. The third-order valence-corrected chi connectivity index (χ3v) is 4.05. The van der Waals surface area contributed by atoms with Gasteiger partial charge >= 0.3 is 6.18 Å². The SMILES string of the molecule is O=C(c1ccc(C(F)(F)F)nc1)N1CC[C@@H](Oc2ccncc2Cl)C1. The quantitative estimate of drug-likeness (QED) is 0.829. The fourth-order valence-corrected chi connectivity index (χ4v) is 2.68. The van der Waals surface area contributed by atoms with Gasteiger partial charge in [0, 0.05) is 37.6 Å². The molecule has 25 heavy (non-hydrogen) atoms. The molecule has 0 bridgehead atoms. The van der Waals surface area contributed by atoms with Crippen LogP contribution in [0.3, 0.4) is 0 Å². The van der Waals surface area contributed by atoms with E-state index in [2.05, 4.69) is 9.97 Å². The van der Waals surface area contributed by atoms with Crippen molar-refractivity contribution in [2.45, 2.75) is 18.7 Å². The van der Waals surface area contributed by atoms with E-state index < -0.39 is 11.9 Å². The summed E-state index contributed by atoms with van der Waals surface area (Å²) < 4.78 is 43.3. The van der Waals surface area contributed by atoms with Gasteiger partial charge in [-0.2, -0.15) is 13.2 Å². The zero-order valence-corrected chi connectivity index (χ0v) is 13.6. The number of hydrogen-bond acceptors (Lipinski definition) is 4. The molecule has 0 radical (unpaired) electrons. The Hall–Kier alpha value is -2.35. The lowest BCUT2D eigenvalue weighted by Gasteiger charge is -2.18. The summed E-state index contributed by atoms with van der Waals surface area (Å²) in [5.41, 5.74) is -0.922. The highest BCUT2D eigenvalue weighted by molar-refractivity contribution is 6.31. The highest BCUT2D eigenvalue weighted by Gasteiger charge is 2.33. The summed E-state index contributed by atoms with van der Waals surface area (Å²) in [4.78, 5) is 21.1. The lowest BCUT2D eigenvalue weighted by molar-refractivity contribution is -0.141. The first-order valence-corrected chi connectivity index (χ1v) is 7.81. The predicted molar refractivity (Wildman–Crippen MR) is 83.4 cm³/mol. The second-order valence-corrected chi connectivity index (χ2v) is 5.92. The van der Waals surface area contributed by atoms with E-state index in [0.29, 0.717) is 30.3 Å². The number of hydrogen-bond donors (Lipinski definition) is 0. The second kappa shape index (κ2) is 6.87. The molecule has 0 unspecified atom stereocenters. The summed E-state index contributed by atoms with van der Waals surface area (Å²) in [5, 5.41) is 0.374. The van der Waals surface area contributed by atoms with Crippen LogP contribution in [-0.2, 0) is 6.18 Å². The zero-order valence-electron chi connectivity index (χ0n) is 12.8. The Kier molecular flexibility index (Phi) is 4.80. The van der Waals surface area contributed by atoms with Gasteiger partial charge in [-0.05, 0) is 12.1 Å². The lowest BCUT2D eigenvalue weighted by atomic mass is 10.2. The van der Waals surface area contributed by atoms with E-state index in [4.69, 9.17) is 16.3 Å². The molecular formula is C16H13ClF3N3O2. The van der Waals surface area contributed by atoms with E-state index in [1.807, 2.05) is 0 Å². The number of alkyl halides is 3. The first kappa shape index (κ1) is 17.5. The molecule has 5 nitrogen and oxygen atoms in total. The average Bonchev–Trinajstić information content (AvgIpc) is 3.04. The number of ether oxygens (including phenoxy) is 1. The topological polar surface area (TPSA) is 55.3 Å². The summed E-state index contributed by atoms with van der Waals surface area (Å²) in [6, 6.07) is 3.56. The van der Waals surface area contributed by atoms with Crippen LogP contribution in [0.15, 0.2) is 36.8 Å². The van der Waals surface area contributed by atoms with Gasteiger partial charge in [0.15, 0.2) is 0 Å². The molecule has 1 aliphatic rings. The normalized spacial score (nSPS) is 17.6. The van der Waals surface area contributed by atoms with Crippen LogP contribution < -0.4 is 4.74 Å². The second-order valence-electron chi connectivity index (χ2n) is 5.52. The minimum absolute atomic E-state index is 0.107. The van der Waals surface area contributed by atoms with Crippen LogP contribution in [0, 0.1) is 0 Å². The van der Waals surface area contributed by atoms with Crippen LogP contribution in [0.2, 0.25) is 5.02 Å². The summed E-state index contributed by atoms with van der Waals surface area (Å²) in [7, 11) is 0. The molecule has 0 N–H and O–H groups in total. The van der Waals surface area contributed by atoms with Gasteiger partial charge in [-0.1, -0.05) is 11.6 Å². The number of amides is 1. The molecule has 3 rings (SSSR count). The van der Waals surface area contributed by atoms with Gasteiger partial charge in [0.2, 0.25) is 0 Å². The number of rotatable bonds is 3. The first-order valence-electron chi connectivity index (χ1n) is 7.43. The molecule has 1 amide bonds. The molecule has 0 spiro atoms. The van der Waals surface area contributed by atoms with Crippen LogP contribution in [0.1, 0.15) is 22.5 Å². The molecule has 1 fully saturated rings. The standard InChI is InChI=1S/C16H13ClF3N3O2/c17-12-8-21-5-3-13(12)25-11-4-6-23(9-11)15(24)10-1-2-14(22-7-10)16(18,19)20/h1-3,5,7-8,11H,4,6,9H2/t11-/m1/s1. The molecule has 2 aromatic rings. The van der Waals surface area contributed by atoms with E-state index in [1.165, 1.54) is 11.1 Å². The van der Waals surface area contributed by atoms with Crippen molar-refractivity contribution in [1.29, 1.82) is 0 Å². The van der Waals surface area contributed by atoms with Crippen molar-refractivity contribution in [3.63, 3.8) is 0 Å². The molecule has 0 saturated carbocycles. The van der Waals surface area contributed by atoms with E-state index in [-0.39, 0.29) is 17.6 Å². The first-order chi connectivity index (χ1) is 11.8. The molecule has 2 aromatic heterocycles. The molecule has 9 heteroatoms. The molecule has 0 aromatic carbocycles. The number of nitrogens with zero attached hydrogens (tertiary/aromatic N) is 3. The molecule has 0 aliphatic carbocycles. The lowest BCUT2D eigenvalue weighted by Crippen LogP contribution is -2.31. The molecule has 1 atom stereocenters. The van der Waals surface area contributed by atoms with E-state index >= 15 is 0 Å². The smallest absolute Gasteiger partial charge is 0.433 e. The number of carbonyl (C=O) groups excluding carboxylic acids is 1.